The topological polar surface area (TPSA) is 104 Å². The molecule has 40 heavy (non-hydrogen) atoms. The summed E-state index contributed by atoms with van der Waals surface area (Å²) >= 11 is 0. The number of carbonyl (C=O) groups is 4. The summed E-state index contributed by atoms with van der Waals surface area (Å²) in [7, 11) is 0. The number of fused-ring (bicyclic) bond motifs is 7. The van der Waals surface area contributed by atoms with Gasteiger partial charge in [-0.2, -0.15) is 5.26 Å². The normalized spacial score (nSPS) is 45.0. The van der Waals surface area contributed by atoms with Crippen molar-refractivity contribution in [3.05, 3.63) is 11.6 Å². The summed E-state index contributed by atoms with van der Waals surface area (Å²) in [5.41, 5.74) is -1.83. The van der Waals surface area contributed by atoms with Crippen molar-refractivity contribution in [2.75, 3.05) is 6.54 Å². The highest BCUT2D eigenvalue weighted by molar-refractivity contribution is 6.04. The molecule has 6 nitrogen and oxygen atoms in total. The number of amides is 1. The number of ketones is 3. The highest BCUT2D eigenvalue weighted by Gasteiger charge is 2.72. The van der Waals surface area contributed by atoms with Gasteiger partial charge in [0.25, 0.3) is 0 Å². The van der Waals surface area contributed by atoms with E-state index >= 15 is 0 Å². The Morgan fingerprint density at radius 2 is 1.60 bits per heavy atom. The molecule has 1 N–H and O–H groups in total. The predicted octanol–water partition coefficient (Wildman–Crippen LogP) is 5.99. The quantitative estimate of drug-likeness (QED) is 0.466. The van der Waals surface area contributed by atoms with Crippen LogP contribution in [0.3, 0.4) is 0 Å². The Morgan fingerprint density at radius 3 is 2.23 bits per heavy atom. The Kier molecular flexibility index (Phi) is 6.47. The molecule has 0 spiro atoms. The predicted molar refractivity (Wildman–Crippen MR) is 153 cm³/mol. The van der Waals surface area contributed by atoms with E-state index in [1.165, 1.54) is 6.92 Å². The average Bonchev–Trinajstić information content (AvgIpc) is 2.86. The number of hydrogen-bond donors (Lipinski definition) is 1. The fourth-order valence-electron chi connectivity index (χ4n) is 11.2. The van der Waals surface area contributed by atoms with Crippen LogP contribution in [0.1, 0.15) is 107 Å². The first-order valence-electron chi connectivity index (χ1n) is 15.4. The lowest BCUT2D eigenvalue weighted by atomic mass is 9.31. The maximum absolute atomic E-state index is 14.6. The number of allylic oxidation sites excluding steroid dienone is 2. The highest BCUT2D eigenvalue weighted by Crippen LogP contribution is 2.75. The lowest BCUT2D eigenvalue weighted by Crippen LogP contribution is -2.69. The minimum absolute atomic E-state index is 0.0300. The molecule has 8 atom stereocenters. The van der Waals surface area contributed by atoms with E-state index in [1.54, 1.807) is 0 Å². The molecule has 0 bridgehead atoms. The van der Waals surface area contributed by atoms with Gasteiger partial charge in [-0.25, -0.2) is 0 Å². The Morgan fingerprint density at radius 1 is 0.950 bits per heavy atom. The SMILES string of the molecule is CC(=O)NCC(=O)[C@]12CCC(C)(C)C[C@H]1[C@H]1C(=O)C[C@@H]3[C@@]4(C)C=C(C#N)C(=O)C(C)(C)[C@@H]4CC[C@@]3(C)[C@]1(C)CC2. The third-order valence-electron chi connectivity index (χ3n) is 13.5. The molecule has 5 rings (SSSR count). The van der Waals surface area contributed by atoms with Gasteiger partial charge in [-0.3, -0.25) is 19.2 Å². The molecule has 1 amide bonds. The zero-order valence-electron chi connectivity index (χ0n) is 25.8. The van der Waals surface area contributed by atoms with Gasteiger partial charge in [0.05, 0.1) is 12.1 Å². The van der Waals surface area contributed by atoms with Crippen molar-refractivity contribution >= 4 is 23.3 Å². The van der Waals surface area contributed by atoms with Crippen LogP contribution in [-0.4, -0.2) is 29.8 Å². The fraction of sp³-hybridized carbons (Fsp3) is 0.794. The van der Waals surface area contributed by atoms with Gasteiger partial charge in [0, 0.05) is 30.1 Å². The molecule has 0 aliphatic heterocycles. The zero-order chi connectivity index (χ0) is 29.7. The maximum atomic E-state index is 14.6. The van der Waals surface area contributed by atoms with Crippen molar-refractivity contribution in [3.8, 4) is 6.07 Å². The van der Waals surface area contributed by atoms with Crippen LogP contribution in [-0.2, 0) is 19.2 Å². The summed E-state index contributed by atoms with van der Waals surface area (Å²) in [5.74, 6) is -0.0678. The van der Waals surface area contributed by atoms with Gasteiger partial charge in [0.15, 0.2) is 11.6 Å². The van der Waals surface area contributed by atoms with Gasteiger partial charge < -0.3 is 5.32 Å². The molecule has 6 heteroatoms. The average molecular weight is 549 g/mol. The molecule has 0 aromatic rings. The molecule has 4 fully saturated rings. The van der Waals surface area contributed by atoms with Gasteiger partial charge in [-0.15, -0.1) is 0 Å². The number of nitriles is 1. The summed E-state index contributed by atoms with van der Waals surface area (Å²) in [6, 6.07) is 2.20. The molecule has 0 radical (unpaired) electrons. The number of hydrogen-bond acceptors (Lipinski definition) is 5. The molecule has 5 aliphatic rings. The monoisotopic (exact) mass is 548 g/mol. The fourth-order valence-corrected chi connectivity index (χ4v) is 11.2. The molecular weight excluding hydrogens is 500 g/mol. The lowest BCUT2D eigenvalue weighted by Gasteiger charge is -2.71. The summed E-state index contributed by atoms with van der Waals surface area (Å²) in [4.78, 5) is 53.5. The van der Waals surface area contributed by atoms with E-state index in [4.69, 9.17) is 0 Å². The van der Waals surface area contributed by atoms with Crippen LogP contribution < -0.4 is 5.32 Å². The standard InChI is InChI=1S/C34H48N2O4/c1-20(37)36-19-26(39)34-13-11-29(2,3)17-22(34)27-23(38)15-25-31(6)16-21(18-35)28(40)30(4,5)24(31)9-10-32(25,7)33(27,8)12-14-34/h16,22,24-25,27H,9-15,17,19H2,1-8H3,(H,36,37)/t22-,24-,25+,27-,31-,32+,33+,34-/m0/s1. The third-order valence-corrected chi connectivity index (χ3v) is 13.5. The molecule has 5 aliphatic carbocycles. The van der Waals surface area contributed by atoms with Crippen molar-refractivity contribution in [2.24, 2.45) is 56.2 Å². The van der Waals surface area contributed by atoms with Crippen molar-refractivity contribution < 1.29 is 19.2 Å². The zero-order valence-corrected chi connectivity index (χ0v) is 25.8. The molecule has 0 heterocycles. The van der Waals surface area contributed by atoms with Gasteiger partial charge in [-0.05, 0) is 84.4 Å². The van der Waals surface area contributed by atoms with Gasteiger partial charge in [0.1, 0.15) is 11.9 Å². The van der Waals surface area contributed by atoms with Crippen molar-refractivity contribution in [1.29, 1.82) is 5.26 Å². The van der Waals surface area contributed by atoms with Crippen LogP contribution in [0, 0.1) is 67.5 Å². The van der Waals surface area contributed by atoms with Crippen LogP contribution in [0.2, 0.25) is 0 Å². The van der Waals surface area contributed by atoms with E-state index in [0.717, 1.165) is 44.9 Å². The van der Waals surface area contributed by atoms with Crippen LogP contribution >= 0.6 is 0 Å². The summed E-state index contributed by atoms with van der Waals surface area (Å²) in [5, 5.41) is 12.7. The highest BCUT2D eigenvalue weighted by atomic mass is 16.2. The summed E-state index contributed by atoms with van der Waals surface area (Å²) in [6.07, 6.45) is 8.30. The molecule has 0 aromatic heterocycles. The second-order valence-electron chi connectivity index (χ2n) is 16.2. The van der Waals surface area contributed by atoms with Crippen LogP contribution in [0.25, 0.3) is 0 Å². The Labute approximate surface area is 240 Å². The van der Waals surface area contributed by atoms with Crippen molar-refractivity contribution in [2.45, 2.75) is 107 Å². The third kappa shape index (κ3) is 3.71. The minimum atomic E-state index is -0.651. The molecule has 4 saturated carbocycles. The first-order chi connectivity index (χ1) is 18.4. The van der Waals surface area contributed by atoms with Gasteiger partial charge >= 0.3 is 0 Å². The second-order valence-corrected chi connectivity index (χ2v) is 16.2. The van der Waals surface area contributed by atoms with Crippen LogP contribution in [0.4, 0.5) is 0 Å². The van der Waals surface area contributed by atoms with Crippen LogP contribution in [0.15, 0.2) is 11.6 Å². The van der Waals surface area contributed by atoms with E-state index in [-0.39, 0.29) is 75.3 Å². The smallest absolute Gasteiger partial charge is 0.217 e. The van der Waals surface area contributed by atoms with E-state index < -0.39 is 16.2 Å². The van der Waals surface area contributed by atoms with E-state index in [1.807, 2.05) is 19.9 Å². The molecule has 0 unspecified atom stereocenters. The van der Waals surface area contributed by atoms with E-state index in [9.17, 15) is 24.4 Å². The van der Waals surface area contributed by atoms with E-state index in [0.29, 0.717) is 6.42 Å². The van der Waals surface area contributed by atoms with Crippen molar-refractivity contribution in [3.63, 3.8) is 0 Å². The maximum Gasteiger partial charge on any atom is 0.217 e. The minimum Gasteiger partial charge on any atom is -0.349 e. The van der Waals surface area contributed by atoms with E-state index in [2.05, 4.69) is 46.0 Å². The van der Waals surface area contributed by atoms with Crippen LogP contribution in [0.5, 0.6) is 0 Å². The number of nitrogens with zero attached hydrogens (tertiary/aromatic N) is 1. The second kappa shape index (κ2) is 8.85. The first-order valence-corrected chi connectivity index (χ1v) is 15.4. The lowest BCUT2D eigenvalue weighted by molar-refractivity contribution is -0.221. The first kappa shape index (κ1) is 29.2. The Balaban J connectivity index is 1.61. The molecular formula is C34H48N2O4. The van der Waals surface area contributed by atoms with Gasteiger partial charge in [0.2, 0.25) is 5.91 Å². The Bertz CT molecular complexity index is 1250. The number of Topliss-reactive ketones (excluding diaryl/α,β-unsaturated/α-hetero) is 3. The van der Waals surface area contributed by atoms with Gasteiger partial charge in [-0.1, -0.05) is 54.5 Å². The molecule has 0 aromatic carbocycles. The number of rotatable bonds is 3. The largest absolute Gasteiger partial charge is 0.349 e. The molecule has 0 saturated heterocycles. The molecule has 218 valence electrons. The Hall–Kier alpha value is -2.29. The number of nitrogens with one attached hydrogen (secondary N) is 1. The summed E-state index contributed by atoms with van der Waals surface area (Å²) in [6.45, 7) is 16.9. The number of carbonyl (C=O) groups excluding carboxylic acids is 4. The van der Waals surface area contributed by atoms with Crippen molar-refractivity contribution in [1.82, 2.24) is 5.32 Å². The summed E-state index contributed by atoms with van der Waals surface area (Å²) < 4.78 is 0.